The highest BCUT2D eigenvalue weighted by molar-refractivity contribution is 5.94. The number of ether oxygens (including phenoxy) is 2. The summed E-state index contributed by atoms with van der Waals surface area (Å²) in [6.07, 6.45) is -4.75. The summed E-state index contributed by atoms with van der Waals surface area (Å²) >= 11 is 0. The van der Waals surface area contributed by atoms with Gasteiger partial charge < -0.3 is 34.2 Å². The Hall–Kier alpha value is -3.23. The number of benzene rings is 1. The van der Waals surface area contributed by atoms with Crippen molar-refractivity contribution >= 4 is 11.9 Å². The van der Waals surface area contributed by atoms with Gasteiger partial charge in [0.1, 0.15) is 0 Å². The van der Waals surface area contributed by atoms with Crippen molar-refractivity contribution in [2.45, 2.75) is 18.3 Å². The number of nitrogens with one attached hydrogen (secondary N) is 1. The van der Waals surface area contributed by atoms with E-state index in [1.165, 1.54) is 24.3 Å². The summed E-state index contributed by atoms with van der Waals surface area (Å²) in [5, 5.41) is 15.6. The van der Waals surface area contributed by atoms with Gasteiger partial charge in [-0.15, -0.1) is 0 Å². The number of alkyl halides is 3. The summed E-state index contributed by atoms with van der Waals surface area (Å²) in [6, 6.07) is 4.57. The molecule has 14 heteroatoms. The molecule has 35 heavy (non-hydrogen) atoms. The van der Waals surface area contributed by atoms with Crippen molar-refractivity contribution in [3.05, 3.63) is 35.7 Å². The maximum absolute atomic E-state index is 13.1. The third-order valence-corrected chi connectivity index (χ3v) is 5.73. The molecule has 2 fully saturated rings. The van der Waals surface area contributed by atoms with E-state index in [-0.39, 0.29) is 49.3 Å². The molecule has 1 aromatic carbocycles. The zero-order valence-corrected chi connectivity index (χ0v) is 18.5. The summed E-state index contributed by atoms with van der Waals surface area (Å²) in [7, 11) is 0. The van der Waals surface area contributed by atoms with E-state index in [9.17, 15) is 27.9 Å². The predicted molar refractivity (Wildman–Crippen MR) is 112 cm³/mol. The van der Waals surface area contributed by atoms with E-state index in [0.29, 0.717) is 26.3 Å². The van der Waals surface area contributed by atoms with Crippen LogP contribution in [0.1, 0.15) is 16.2 Å². The highest BCUT2D eigenvalue weighted by atomic mass is 19.4. The second-order valence-electron chi connectivity index (χ2n) is 8.02. The molecule has 2 atom stereocenters. The molecule has 2 N–H and O–H groups in total. The Morgan fingerprint density at radius 3 is 2.29 bits per heavy atom. The molecule has 0 saturated carbocycles. The molecular weight excluding hydrogens is 475 g/mol. The Bertz CT molecular complexity index is 1030. The summed E-state index contributed by atoms with van der Waals surface area (Å²) in [6.45, 7) is 1.84. The zero-order chi connectivity index (χ0) is 25.0. The van der Waals surface area contributed by atoms with Gasteiger partial charge in [0.05, 0.1) is 45.1 Å². The summed E-state index contributed by atoms with van der Waals surface area (Å²) in [5.74, 6) is -2.13. The number of aliphatic hydroxyl groups excluding tert-OH is 1. The number of rotatable bonds is 5. The van der Waals surface area contributed by atoms with Crippen LogP contribution in [0.25, 0.3) is 11.4 Å². The van der Waals surface area contributed by atoms with Crippen molar-refractivity contribution in [3.8, 4) is 11.4 Å². The quantitative estimate of drug-likeness (QED) is 0.623. The second kappa shape index (κ2) is 10.6. The maximum Gasteiger partial charge on any atom is 0.471 e. The number of hydrogen-bond donors (Lipinski definition) is 2. The second-order valence-corrected chi connectivity index (χ2v) is 8.02. The molecule has 4 rings (SSSR count). The van der Waals surface area contributed by atoms with Crippen LogP contribution in [0, 0.1) is 0 Å². The van der Waals surface area contributed by atoms with Crippen molar-refractivity contribution in [2.75, 3.05) is 52.7 Å². The zero-order valence-electron chi connectivity index (χ0n) is 18.5. The van der Waals surface area contributed by atoms with Gasteiger partial charge in [0, 0.05) is 30.8 Å². The molecule has 0 spiro atoms. The summed E-state index contributed by atoms with van der Waals surface area (Å²) < 4.78 is 53.0. The minimum Gasteiger partial charge on any atom is -0.394 e. The van der Waals surface area contributed by atoms with Crippen molar-refractivity contribution in [1.29, 1.82) is 0 Å². The highest BCUT2D eigenvalue weighted by Gasteiger charge is 2.38. The number of amides is 3. The van der Waals surface area contributed by atoms with Gasteiger partial charge in [-0.3, -0.25) is 4.79 Å². The molecule has 2 aromatic rings. The Morgan fingerprint density at radius 2 is 1.69 bits per heavy atom. The van der Waals surface area contributed by atoms with E-state index < -0.39 is 30.1 Å². The lowest BCUT2D eigenvalue weighted by Crippen LogP contribution is -2.61. The van der Waals surface area contributed by atoms with Crippen molar-refractivity contribution in [2.24, 2.45) is 0 Å². The number of halogens is 3. The van der Waals surface area contributed by atoms with E-state index in [4.69, 9.17) is 9.47 Å². The summed E-state index contributed by atoms with van der Waals surface area (Å²) in [4.78, 5) is 32.3. The van der Waals surface area contributed by atoms with Crippen molar-refractivity contribution < 1.29 is 41.9 Å². The predicted octanol–water partition coefficient (Wildman–Crippen LogP) is 0.999. The molecule has 190 valence electrons. The number of carbonyl (C=O) groups excluding carboxylic acids is 2. The van der Waals surface area contributed by atoms with Crippen LogP contribution in [0.15, 0.2) is 28.8 Å². The first-order chi connectivity index (χ1) is 16.8. The van der Waals surface area contributed by atoms with Crippen LogP contribution in [0.2, 0.25) is 0 Å². The fourth-order valence-electron chi connectivity index (χ4n) is 3.84. The lowest BCUT2D eigenvalue weighted by Gasteiger charge is -2.42. The molecule has 3 amide bonds. The van der Waals surface area contributed by atoms with E-state index in [1.54, 1.807) is 9.80 Å². The van der Waals surface area contributed by atoms with Gasteiger partial charge in [-0.05, 0) is 12.1 Å². The molecule has 2 saturated heterocycles. The molecule has 2 aliphatic heterocycles. The van der Waals surface area contributed by atoms with Gasteiger partial charge in [0.15, 0.2) is 0 Å². The van der Waals surface area contributed by atoms with Crippen LogP contribution in [-0.2, 0) is 15.7 Å². The number of morpholine rings is 2. The fourth-order valence-corrected chi connectivity index (χ4v) is 3.84. The molecule has 3 heterocycles. The van der Waals surface area contributed by atoms with E-state index in [0.717, 1.165) is 0 Å². The molecule has 1 aromatic heterocycles. The smallest absolute Gasteiger partial charge is 0.394 e. The highest BCUT2D eigenvalue weighted by Crippen LogP contribution is 2.29. The third kappa shape index (κ3) is 5.71. The number of aliphatic hydroxyl groups is 1. The number of carbonyl (C=O) groups is 2. The van der Waals surface area contributed by atoms with Gasteiger partial charge in [-0.25, -0.2) is 4.79 Å². The maximum atomic E-state index is 13.1. The van der Waals surface area contributed by atoms with Crippen molar-refractivity contribution in [3.63, 3.8) is 0 Å². The normalized spacial score (nSPS) is 21.1. The number of hydrogen-bond acceptors (Lipinski definition) is 8. The Kier molecular flexibility index (Phi) is 7.52. The monoisotopic (exact) mass is 499 g/mol. The van der Waals surface area contributed by atoms with Crippen LogP contribution >= 0.6 is 0 Å². The van der Waals surface area contributed by atoms with Crippen LogP contribution < -0.4 is 5.32 Å². The Morgan fingerprint density at radius 1 is 1.06 bits per heavy atom. The average molecular weight is 499 g/mol. The standard InChI is InChI=1S/C21H24F3N5O6/c22-21(23,24)19-26-17(27-35-19)13-1-3-14(4-2-13)18(31)25-9-15-11-33-7-5-28(15)20(32)29-6-8-34-12-16(29)10-30/h1-4,15-16,30H,5-12H2,(H,25,31)/t15-,16?/m0/s1. The first-order valence-corrected chi connectivity index (χ1v) is 10.9. The average Bonchev–Trinajstić information content (AvgIpc) is 3.38. The molecule has 2 aliphatic rings. The van der Waals surface area contributed by atoms with Crippen LogP contribution in [0.4, 0.5) is 18.0 Å². The molecule has 11 nitrogen and oxygen atoms in total. The van der Waals surface area contributed by atoms with Gasteiger partial charge in [-0.2, -0.15) is 18.2 Å². The topological polar surface area (TPSA) is 130 Å². The molecule has 0 aliphatic carbocycles. The molecule has 0 radical (unpaired) electrons. The molecular formula is C21H24F3N5O6. The Balaban J connectivity index is 1.37. The minimum atomic E-state index is -4.75. The van der Waals surface area contributed by atoms with Gasteiger partial charge in [0.2, 0.25) is 5.82 Å². The largest absolute Gasteiger partial charge is 0.471 e. The number of urea groups is 1. The minimum absolute atomic E-state index is 0.125. The van der Waals surface area contributed by atoms with Gasteiger partial charge >= 0.3 is 18.1 Å². The first kappa shape index (κ1) is 24.9. The van der Waals surface area contributed by atoms with E-state index in [1.807, 2.05) is 0 Å². The van der Waals surface area contributed by atoms with Crippen LogP contribution in [0.3, 0.4) is 0 Å². The van der Waals surface area contributed by atoms with E-state index >= 15 is 0 Å². The number of aromatic nitrogens is 2. The van der Waals surface area contributed by atoms with E-state index in [2.05, 4.69) is 20.0 Å². The summed E-state index contributed by atoms with van der Waals surface area (Å²) in [5.41, 5.74) is 0.513. The SMILES string of the molecule is O=C(NC[C@H]1COCCN1C(=O)N1CCOCC1CO)c1ccc(-c2noc(C(F)(F)F)n2)cc1. The van der Waals surface area contributed by atoms with Gasteiger partial charge in [0.25, 0.3) is 5.91 Å². The fraction of sp³-hybridized carbons (Fsp3) is 0.524. The number of nitrogens with zero attached hydrogens (tertiary/aromatic N) is 4. The van der Waals surface area contributed by atoms with Crippen molar-refractivity contribution in [1.82, 2.24) is 25.3 Å². The third-order valence-electron chi connectivity index (χ3n) is 5.73. The van der Waals surface area contributed by atoms with Crippen LogP contribution in [0.5, 0.6) is 0 Å². The lowest BCUT2D eigenvalue weighted by molar-refractivity contribution is -0.159. The lowest BCUT2D eigenvalue weighted by atomic mass is 10.1. The van der Waals surface area contributed by atoms with Gasteiger partial charge in [-0.1, -0.05) is 17.3 Å². The molecule has 1 unspecified atom stereocenters. The van der Waals surface area contributed by atoms with Crippen LogP contribution in [-0.4, -0.2) is 102 Å². The molecule has 0 bridgehead atoms. The Labute approximate surface area is 197 Å². The first-order valence-electron chi connectivity index (χ1n) is 10.9.